The Morgan fingerprint density at radius 2 is 2.08 bits per heavy atom. The SMILES string of the molecule is O=C(/C=C/c1cccs1)Nc1ccc2c(c1)CN(C(=O)C1CC1)CC2. The van der Waals surface area contributed by atoms with Crippen LogP contribution >= 0.6 is 11.3 Å². The number of anilines is 1. The maximum absolute atomic E-state index is 12.3. The zero-order valence-corrected chi connectivity index (χ0v) is 14.7. The van der Waals surface area contributed by atoms with Crippen LogP contribution in [-0.2, 0) is 22.6 Å². The van der Waals surface area contributed by atoms with Gasteiger partial charge in [0.25, 0.3) is 0 Å². The summed E-state index contributed by atoms with van der Waals surface area (Å²) in [6, 6.07) is 9.93. The van der Waals surface area contributed by atoms with Gasteiger partial charge in [-0.3, -0.25) is 9.59 Å². The molecule has 1 N–H and O–H groups in total. The third-order valence-corrected chi connectivity index (χ3v) is 5.50. The van der Waals surface area contributed by atoms with E-state index >= 15 is 0 Å². The molecular weight excluding hydrogens is 332 g/mol. The van der Waals surface area contributed by atoms with Gasteiger partial charge in [0, 0.05) is 35.6 Å². The Labute approximate surface area is 151 Å². The molecule has 1 aromatic heterocycles. The smallest absolute Gasteiger partial charge is 0.248 e. The van der Waals surface area contributed by atoms with Crippen molar-refractivity contribution >= 4 is 34.9 Å². The Balaban J connectivity index is 1.42. The van der Waals surface area contributed by atoms with Gasteiger partial charge in [0.2, 0.25) is 11.8 Å². The normalized spacial score (nSPS) is 16.7. The first-order valence-corrected chi connectivity index (χ1v) is 9.50. The number of benzene rings is 1. The van der Waals surface area contributed by atoms with Crippen LogP contribution in [0.4, 0.5) is 5.69 Å². The van der Waals surface area contributed by atoms with Gasteiger partial charge in [-0.2, -0.15) is 0 Å². The number of nitrogens with zero attached hydrogens (tertiary/aromatic N) is 1. The lowest BCUT2D eigenvalue weighted by Crippen LogP contribution is -2.36. The summed E-state index contributed by atoms with van der Waals surface area (Å²) in [4.78, 5) is 27.4. The number of hydrogen-bond donors (Lipinski definition) is 1. The predicted molar refractivity (Wildman–Crippen MR) is 100 cm³/mol. The van der Waals surface area contributed by atoms with Crippen LogP contribution in [-0.4, -0.2) is 23.3 Å². The van der Waals surface area contributed by atoms with E-state index in [4.69, 9.17) is 0 Å². The summed E-state index contributed by atoms with van der Waals surface area (Å²) in [5, 5.41) is 4.89. The molecule has 4 rings (SSSR count). The fourth-order valence-electron chi connectivity index (χ4n) is 3.14. The number of carbonyl (C=O) groups excluding carboxylic acids is 2. The summed E-state index contributed by atoms with van der Waals surface area (Å²) in [5.41, 5.74) is 3.19. The summed E-state index contributed by atoms with van der Waals surface area (Å²) in [6.07, 6.45) is 6.33. The van der Waals surface area contributed by atoms with Crippen molar-refractivity contribution in [2.24, 2.45) is 5.92 Å². The Morgan fingerprint density at radius 1 is 1.20 bits per heavy atom. The van der Waals surface area contributed by atoms with Crippen LogP contribution in [0.5, 0.6) is 0 Å². The third-order valence-electron chi connectivity index (χ3n) is 4.67. The first kappa shape index (κ1) is 16.1. The lowest BCUT2D eigenvalue weighted by molar-refractivity contribution is -0.133. The lowest BCUT2D eigenvalue weighted by atomic mass is 9.98. The molecule has 5 heteroatoms. The highest BCUT2D eigenvalue weighted by molar-refractivity contribution is 7.10. The Kier molecular flexibility index (Phi) is 4.40. The van der Waals surface area contributed by atoms with Crippen LogP contribution in [0.3, 0.4) is 0 Å². The summed E-state index contributed by atoms with van der Waals surface area (Å²) in [6.45, 7) is 1.46. The highest BCUT2D eigenvalue weighted by atomic mass is 32.1. The molecule has 0 saturated heterocycles. The third kappa shape index (κ3) is 3.82. The molecule has 0 radical (unpaired) electrons. The van der Waals surface area contributed by atoms with Crippen LogP contribution in [0.1, 0.15) is 28.8 Å². The Hall–Kier alpha value is -2.40. The number of rotatable bonds is 4. The van der Waals surface area contributed by atoms with Crippen LogP contribution < -0.4 is 5.32 Å². The van der Waals surface area contributed by atoms with Gasteiger partial charge in [0.1, 0.15) is 0 Å². The van der Waals surface area contributed by atoms with E-state index in [-0.39, 0.29) is 11.8 Å². The number of thiophene rings is 1. The molecule has 0 spiro atoms. The topological polar surface area (TPSA) is 49.4 Å². The van der Waals surface area contributed by atoms with Gasteiger partial charge in [0.05, 0.1) is 0 Å². The van der Waals surface area contributed by atoms with Gasteiger partial charge in [-0.25, -0.2) is 0 Å². The van der Waals surface area contributed by atoms with E-state index in [9.17, 15) is 9.59 Å². The number of nitrogens with one attached hydrogen (secondary N) is 1. The largest absolute Gasteiger partial charge is 0.338 e. The lowest BCUT2D eigenvalue weighted by Gasteiger charge is -2.29. The van der Waals surface area contributed by atoms with Gasteiger partial charge in [0.15, 0.2) is 0 Å². The summed E-state index contributed by atoms with van der Waals surface area (Å²) >= 11 is 1.60. The second-order valence-corrected chi connectivity index (χ2v) is 7.58. The number of carbonyl (C=O) groups is 2. The highest BCUT2D eigenvalue weighted by Gasteiger charge is 2.34. The van der Waals surface area contributed by atoms with Crippen molar-refractivity contribution in [3.63, 3.8) is 0 Å². The molecule has 2 aliphatic rings. The van der Waals surface area contributed by atoms with E-state index < -0.39 is 0 Å². The molecular formula is C20H20N2O2S. The zero-order valence-electron chi connectivity index (χ0n) is 13.9. The fraction of sp³-hybridized carbons (Fsp3) is 0.300. The minimum absolute atomic E-state index is 0.143. The van der Waals surface area contributed by atoms with E-state index in [0.717, 1.165) is 41.9 Å². The molecule has 0 unspecified atom stereocenters. The molecule has 1 aliphatic heterocycles. The fourth-order valence-corrected chi connectivity index (χ4v) is 3.76. The second-order valence-electron chi connectivity index (χ2n) is 6.61. The molecule has 128 valence electrons. The Bertz CT molecular complexity index is 822. The van der Waals surface area contributed by atoms with E-state index in [1.165, 1.54) is 5.56 Å². The van der Waals surface area contributed by atoms with E-state index in [2.05, 4.69) is 11.4 Å². The number of hydrogen-bond acceptors (Lipinski definition) is 3. The molecule has 0 atom stereocenters. The molecule has 0 bridgehead atoms. The maximum Gasteiger partial charge on any atom is 0.248 e. The van der Waals surface area contributed by atoms with Gasteiger partial charge < -0.3 is 10.2 Å². The quantitative estimate of drug-likeness (QED) is 0.853. The van der Waals surface area contributed by atoms with E-state index in [0.29, 0.717) is 12.5 Å². The minimum atomic E-state index is -0.143. The zero-order chi connectivity index (χ0) is 17.2. The van der Waals surface area contributed by atoms with Crippen LogP contribution in [0.2, 0.25) is 0 Å². The molecule has 2 heterocycles. The van der Waals surface area contributed by atoms with Crippen molar-refractivity contribution in [1.82, 2.24) is 4.90 Å². The van der Waals surface area contributed by atoms with E-state index in [1.807, 2.05) is 40.6 Å². The standard InChI is InChI=1S/C20H20N2O2S/c23-19(8-7-18-2-1-11-25-18)21-17-6-5-14-9-10-22(13-16(14)12-17)20(24)15-3-4-15/h1-2,5-8,11-12,15H,3-4,9-10,13H2,(H,21,23)/b8-7+. The summed E-state index contributed by atoms with van der Waals surface area (Å²) in [5.74, 6) is 0.404. The van der Waals surface area contributed by atoms with Gasteiger partial charge >= 0.3 is 0 Å². The molecule has 1 aliphatic carbocycles. The first-order chi connectivity index (χ1) is 12.2. The average Bonchev–Trinajstić information content (AvgIpc) is 3.34. The van der Waals surface area contributed by atoms with Crippen LogP contribution in [0.25, 0.3) is 6.08 Å². The monoisotopic (exact) mass is 352 g/mol. The molecule has 25 heavy (non-hydrogen) atoms. The average molecular weight is 352 g/mol. The van der Waals surface area contributed by atoms with Crippen molar-refractivity contribution in [3.8, 4) is 0 Å². The molecule has 1 aromatic carbocycles. The van der Waals surface area contributed by atoms with Crippen LogP contribution in [0, 0.1) is 5.92 Å². The van der Waals surface area contributed by atoms with Crippen molar-refractivity contribution in [2.75, 3.05) is 11.9 Å². The van der Waals surface area contributed by atoms with E-state index in [1.54, 1.807) is 17.4 Å². The molecule has 1 saturated carbocycles. The van der Waals surface area contributed by atoms with Crippen molar-refractivity contribution in [2.45, 2.75) is 25.8 Å². The number of amides is 2. The highest BCUT2D eigenvalue weighted by Crippen LogP contribution is 2.33. The molecule has 1 fully saturated rings. The van der Waals surface area contributed by atoms with Crippen molar-refractivity contribution in [1.29, 1.82) is 0 Å². The molecule has 2 aromatic rings. The van der Waals surface area contributed by atoms with Gasteiger partial charge in [-0.1, -0.05) is 12.1 Å². The summed E-state index contributed by atoms with van der Waals surface area (Å²) < 4.78 is 0. The maximum atomic E-state index is 12.3. The number of fused-ring (bicyclic) bond motifs is 1. The Morgan fingerprint density at radius 3 is 2.84 bits per heavy atom. The van der Waals surface area contributed by atoms with Crippen molar-refractivity contribution < 1.29 is 9.59 Å². The first-order valence-electron chi connectivity index (χ1n) is 8.62. The predicted octanol–water partition coefficient (Wildman–Crippen LogP) is 3.69. The molecule has 2 amide bonds. The minimum Gasteiger partial charge on any atom is -0.338 e. The second kappa shape index (κ2) is 6.84. The molecule has 4 nitrogen and oxygen atoms in total. The van der Waals surface area contributed by atoms with Gasteiger partial charge in [-0.15, -0.1) is 11.3 Å². The van der Waals surface area contributed by atoms with Crippen molar-refractivity contribution in [3.05, 3.63) is 57.8 Å². The van der Waals surface area contributed by atoms with Crippen LogP contribution in [0.15, 0.2) is 41.8 Å². The van der Waals surface area contributed by atoms with Gasteiger partial charge in [-0.05, 0) is 60.0 Å². The summed E-state index contributed by atoms with van der Waals surface area (Å²) in [7, 11) is 0.